The van der Waals surface area contributed by atoms with Gasteiger partial charge in [0.15, 0.2) is 0 Å². The van der Waals surface area contributed by atoms with Crippen LogP contribution in [0.15, 0.2) is 0 Å². The summed E-state index contributed by atoms with van der Waals surface area (Å²) in [5, 5.41) is 0. The minimum atomic E-state index is 0.624. The lowest BCUT2D eigenvalue weighted by Gasteiger charge is -2.35. The molecule has 0 amide bonds. The maximum atomic E-state index is 5.59. The van der Waals surface area contributed by atoms with E-state index >= 15 is 0 Å². The third-order valence-electron chi connectivity index (χ3n) is 7.56. The Balaban J connectivity index is 0.000000249. The first-order valence-corrected chi connectivity index (χ1v) is 14.8. The molecule has 198 valence electrons. The van der Waals surface area contributed by atoms with Crippen molar-refractivity contribution in [2.75, 3.05) is 39.8 Å². The molecular weight excluding hydrogens is 404 g/mol. The van der Waals surface area contributed by atoms with Crippen LogP contribution in [0.5, 0.6) is 0 Å². The zero-order valence-electron chi connectivity index (χ0n) is 23.9. The molecule has 3 heteroatoms. The van der Waals surface area contributed by atoms with E-state index in [0.29, 0.717) is 6.10 Å². The minimum absolute atomic E-state index is 0.624. The number of rotatable bonds is 12. The highest BCUT2D eigenvalue weighted by Gasteiger charge is 2.21. The Morgan fingerprint density at radius 2 is 1.30 bits per heavy atom. The Bertz CT molecular complexity index is 423. The summed E-state index contributed by atoms with van der Waals surface area (Å²) in [6, 6.07) is 0.925. The Morgan fingerprint density at radius 3 is 1.76 bits per heavy atom. The van der Waals surface area contributed by atoms with Gasteiger partial charge in [-0.15, -0.1) is 0 Å². The first kappa shape index (κ1) is 30.9. The molecule has 1 saturated heterocycles. The maximum absolute atomic E-state index is 5.59. The zero-order valence-corrected chi connectivity index (χ0v) is 23.9. The lowest BCUT2D eigenvalue weighted by Crippen LogP contribution is -2.37. The Kier molecular flexibility index (Phi) is 17.9. The number of ether oxygens (including phenoxy) is 1. The normalized spacial score (nSPS) is 19.7. The van der Waals surface area contributed by atoms with Gasteiger partial charge in [-0.05, 0) is 122 Å². The van der Waals surface area contributed by atoms with Crippen molar-refractivity contribution in [1.82, 2.24) is 9.80 Å². The van der Waals surface area contributed by atoms with Crippen LogP contribution in [0.1, 0.15) is 125 Å². The Hall–Kier alpha value is -0.120. The van der Waals surface area contributed by atoms with Gasteiger partial charge in [-0.2, -0.15) is 0 Å². The molecule has 2 aliphatic carbocycles. The second kappa shape index (κ2) is 19.1. The average molecular weight is 467 g/mol. The molecule has 0 N–H and O–H groups in total. The van der Waals surface area contributed by atoms with Crippen molar-refractivity contribution in [1.29, 1.82) is 0 Å². The molecule has 3 fully saturated rings. The zero-order chi connectivity index (χ0) is 24.5. The van der Waals surface area contributed by atoms with E-state index in [1.807, 2.05) is 0 Å². The summed E-state index contributed by atoms with van der Waals surface area (Å²) in [5.74, 6) is 2.53. The van der Waals surface area contributed by atoms with Gasteiger partial charge >= 0.3 is 0 Å². The van der Waals surface area contributed by atoms with Gasteiger partial charge in [0, 0.05) is 12.6 Å². The topological polar surface area (TPSA) is 15.7 Å². The molecule has 1 heterocycles. The molecular formula is C30H62N2O. The Labute approximate surface area is 209 Å². The van der Waals surface area contributed by atoms with Crippen molar-refractivity contribution >= 4 is 0 Å². The number of likely N-dealkylation sites (tertiary alicyclic amines) is 1. The van der Waals surface area contributed by atoms with Crippen LogP contribution in [0, 0.1) is 17.8 Å². The van der Waals surface area contributed by atoms with Gasteiger partial charge in [0.05, 0.1) is 6.10 Å². The third kappa shape index (κ3) is 17.0. The van der Waals surface area contributed by atoms with Crippen LogP contribution < -0.4 is 0 Å². The summed E-state index contributed by atoms with van der Waals surface area (Å²) >= 11 is 0. The van der Waals surface area contributed by atoms with Gasteiger partial charge in [-0.25, -0.2) is 0 Å². The van der Waals surface area contributed by atoms with Crippen molar-refractivity contribution in [3.05, 3.63) is 0 Å². The molecule has 3 rings (SSSR count). The molecule has 0 aromatic carbocycles. The van der Waals surface area contributed by atoms with E-state index in [4.69, 9.17) is 4.74 Å². The second-order valence-corrected chi connectivity index (χ2v) is 12.3. The summed E-state index contributed by atoms with van der Waals surface area (Å²) in [4.78, 5) is 5.16. The molecule has 2 saturated carbocycles. The van der Waals surface area contributed by atoms with Gasteiger partial charge in [-0.1, -0.05) is 54.4 Å². The fourth-order valence-electron chi connectivity index (χ4n) is 4.39. The van der Waals surface area contributed by atoms with Crippen LogP contribution in [-0.4, -0.2) is 61.8 Å². The summed E-state index contributed by atoms with van der Waals surface area (Å²) in [6.07, 6.45) is 18.6. The van der Waals surface area contributed by atoms with E-state index in [-0.39, 0.29) is 0 Å². The predicted octanol–water partition coefficient (Wildman–Crippen LogP) is 8.03. The molecule has 0 aromatic rings. The maximum Gasteiger partial charge on any atom is 0.0575 e. The number of hydrogen-bond donors (Lipinski definition) is 0. The van der Waals surface area contributed by atoms with E-state index in [1.165, 1.54) is 110 Å². The molecule has 0 bridgehead atoms. The van der Waals surface area contributed by atoms with Gasteiger partial charge in [0.1, 0.15) is 0 Å². The summed E-state index contributed by atoms with van der Waals surface area (Å²) < 4.78 is 5.59. The van der Waals surface area contributed by atoms with Gasteiger partial charge in [0.25, 0.3) is 0 Å². The molecule has 33 heavy (non-hydrogen) atoms. The predicted molar refractivity (Wildman–Crippen MR) is 147 cm³/mol. The van der Waals surface area contributed by atoms with Gasteiger partial charge in [0.2, 0.25) is 0 Å². The molecule has 0 spiro atoms. The standard InChI is InChI=1S/C11H23N.C10H21N.C9H18O/c1-11(2)7-6-10-12-8-4-3-5-9-12;1-9(2)7-8-11(3)10-5-4-6-10;1-8(2)6-7-10-9-4-3-5-9/h11H,3-10H2,1-2H3;9-10H,4-8H2,1-3H3;8-9H,3-7H2,1-2H3. The van der Waals surface area contributed by atoms with E-state index in [2.05, 4.69) is 58.4 Å². The molecule has 0 atom stereocenters. The second-order valence-electron chi connectivity index (χ2n) is 12.3. The van der Waals surface area contributed by atoms with Crippen LogP contribution in [0.3, 0.4) is 0 Å². The monoisotopic (exact) mass is 466 g/mol. The lowest BCUT2D eigenvalue weighted by molar-refractivity contribution is -0.00222. The van der Waals surface area contributed by atoms with Crippen molar-refractivity contribution in [2.45, 2.75) is 137 Å². The highest BCUT2D eigenvalue weighted by atomic mass is 16.5. The molecule has 1 aliphatic heterocycles. The molecule has 3 aliphatic rings. The largest absolute Gasteiger partial charge is 0.378 e. The number of hydrogen-bond acceptors (Lipinski definition) is 3. The van der Waals surface area contributed by atoms with Crippen LogP contribution >= 0.6 is 0 Å². The summed E-state index contributed by atoms with van der Waals surface area (Å²) in [5.41, 5.74) is 0. The van der Waals surface area contributed by atoms with Crippen LogP contribution in [0.2, 0.25) is 0 Å². The number of nitrogens with zero attached hydrogens (tertiary/aromatic N) is 2. The van der Waals surface area contributed by atoms with E-state index in [0.717, 1.165) is 30.4 Å². The van der Waals surface area contributed by atoms with Gasteiger partial charge in [-0.3, -0.25) is 0 Å². The van der Waals surface area contributed by atoms with Crippen LogP contribution in [0.4, 0.5) is 0 Å². The van der Waals surface area contributed by atoms with Crippen molar-refractivity contribution < 1.29 is 4.74 Å². The smallest absolute Gasteiger partial charge is 0.0575 e. The highest BCUT2D eigenvalue weighted by Crippen LogP contribution is 2.24. The quantitative estimate of drug-likeness (QED) is 0.289. The molecule has 0 aromatic heterocycles. The number of piperidine rings is 1. The fourth-order valence-corrected chi connectivity index (χ4v) is 4.39. The first-order chi connectivity index (χ1) is 15.8. The molecule has 0 radical (unpaired) electrons. The Morgan fingerprint density at radius 1 is 0.727 bits per heavy atom. The van der Waals surface area contributed by atoms with Crippen molar-refractivity contribution in [3.8, 4) is 0 Å². The van der Waals surface area contributed by atoms with Crippen LogP contribution in [0.25, 0.3) is 0 Å². The first-order valence-electron chi connectivity index (χ1n) is 14.8. The summed E-state index contributed by atoms with van der Waals surface area (Å²) in [7, 11) is 2.27. The van der Waals surface area contributed by atoms with E-state index in [9.17, 15) is 0 Å². The minimum Gasteiger partial charge on any atom is -0.378 e. The molecule has 3 nitrogen and oxygen atoms in total. The summed E-state index contributed by atoms with van der Waals surface area (Å²) in [6.45, 7) is 20.0. The average Bonchev–Trinajstić information content (AvgIpc) is 2.68. The van der Waals surface area contributed by atoms with Crippen molar-refractivity contribution in [3.63, 3.8) is 0 Å². The SMILES string of the molecule is CC(C)CCCN1CCCCC1.CC(C)CCN(C)C1CCC1.CC(C)CCOC1CCC1. The molecule has 0 unspecified atom stereocenters. The highest BCUT2D eigenvalue weighted by molar-refractivity contribution is 4.77. The van der Waals surface area contributed by atoms with Crippen molar-refractivity contribution in [2.24, 2.45) is 17.8 Å². The lowest BCUT2D eigenvalue weighted by atomic mass is 9.91. The van der Waals surface area contributed by atoms with E-state index in [1.54, 1.807) is 0 Å². The van der Waals surface area contributed by atoms with Gasteiger partial charge < -0.3 is 14.5 Å². The van der Waals surface area contributed by atoms with Crippen LogP contribution in [-0.2, 0) is 4.74 Å². The fraction of sp³-hybridized carbons (Fsp3) is 1.00. The van der Waals surface area contributed by atoms with E-state index < -0.39 is 0 Å². The third-order valence-corrected chi connectivity index (χ3v) is 7.56.